The number of ether oxygens (including phenoxy) is 1. The zero-order valence-corrected chi connectivity index (χ0v) is 14.8. The molecule has 1 amide bonds. The summed E-state index contributed by atoms with van der Waals surface area (Å²) in [5.74, 6) is 0.429. The third-order valence-corrected chi connectivity index (χ3v) is 4.53. The van der Waals surface area contributed by atoms with Gasteiger partial charge in [-0.05, 0) is 50.8 Å². The highest BCUT2D eigenvalue weighted by Crippen LogP contribution is 2.31. The molecule has 1 aliphatic rings. The van der Waals surface area contributed by atoms with Crippen LogP contribution in [0.5, 0.6) is 0 Å². The lowest BCUT2D eigenvalue weighted by molar-refractivity contribution is 0.0327. The molecule has 1 aliphatic heterocycles. The van der Waals surface area contributed by atoms with Gasteiger partial charge in [0.05, 0.1) is 21.4 Å². The summed E-state index contributed by atoms with van der Waals surface area (Å²) in [7, 11) is 0. The van der Waals surface area contributed by atoms with Crippen molar-refractivity contribution in [2.75, 3.05) is 6.54 Å². The fourth-order valence-electron chi connectivity index (χ4n) is 2.69. The minimum absolute atomic E-state index is 0.278. The van der Waals surface area contributed by atoms with Crippen LogP contribution in [0.15, 0.2) is 29.8 Å². The van der Waals surface area contributed by atoms with Crippen molar-refractivity contribution in [3.05, 3.63) is 35.3 Å². The Hall–Kier alpha value is -1.88. The molecule has 1 aromatic carbocycles. The van der Waals surface area contributed by atoms with Gasteiger partial charge in [-0.1, -0.05) is 19.1 Å². The van der Waals surface area contributed by atoms with Gasteiger partial charge in [0.15, 0.2) is 0 Å². The van der Waals surface area contributed by atoms with Crippen molar-refractivity contribution in [2.45, 2.75) is 39.7 Å². The zero-order chi connectivity index (χ0) is 16.6. The molecule has 1 aromatic heterocycles. The van der Waals surface area contributed by atoms with Gasteiger partial charge in [-0.25, -0.2) is 9.78 Å². The Morgan fingerprint density at radius 1 is 1.39 bits per heavy atom. The molecule has 0 saturated carbocycles. The zero-order valence-electron chi connectivity index (χ0n) is 14.0. The molecule has 1 unspecified atom stereocenters. The van der Waals surface area contributed by atoms with E-state index in [-0.39, 0.29) is 6.09 Å². The Morgan fingerprint density at radius 2 is 2.17 bits per heavy atom. The summed E-state index contributed by atoms with van der Waals surface area (Å²) in [6, 6.07) is 6.14. The fraction of sp³-hybridized carbons (Fsp3) is 0.444. The van der Waals surface area contributed by atoms with Gasteiger partial charge in [0, 0.05) is 6.54 Å². The molecular formula is C18H22N2O2S. The first-order chi connectivity index (χ1) is 10.8. The molecule has 0 spiro atoms. The van der Waals surface area contributed by atoms with Crippen molar-refractivity contribution in [3.8, 4) is 0 Å². The summed E-state index contributed by atoms with van der Waals surface area (Å²) in [6.45, 7) is 8.51. The van der Waals surface area contributed by atoms with Gasteiger partial charge in [-0.15, -0.1) is 11.3 Å². The van der Waals surface area contributed by atoms with E-state index >= 15 is 0 Å². The fourth-order valence-corrected chi connectivity index (χ4v) is 3.40. The van der Waals surface area contributed by atoms with E-state index in [1.807, 2.05) is 38.4 Å². The molecule has 2 heterocycles. The number of nitrogens with zero attached hydrogens (tertiary/aromatic N) is 2. The van der Waals surface area contributed by atoms with Crippen LogP contribution in [0.25, 0.3) is 15.9 Å². The van der Waals surface area contributed by atoms with Crippen molar-refractivity contribution in [1.29, 1.82) is 0 Å². The van der Waals surface area contributed by atoms with E-state index in [0.717, 1.165) is 27.9 Å². The van der Waals surface area contributed by atoms with Crippen LogP contribution in [0.2, 0.25) is 0 Å². The summed E-state index contributed by atoms with van der Waals surface area (Å²) in [4.78, 5) is 18.7. The van der Waals surface area contributed by atoms with Crippen LogP contribution in [-0.2, 0) is 4.74 Å². The summed E-state index contributed by atoms with van der Waals surface area (Å²) >= 11 is 1.61. The smallest absolute Gasteiger partial charge is 0.414 e. The van der Waals surface area contributed by atoms with E-state index in [4.69, 9.17) is 4.74 Å². The second-order valence-corrected chi connectivity index (χ2v) is 7.94. The summed E-state index contributed by atoms with van der Waals surface area (Å²) in [5, 5.41) is 0. The lowest BCUT2D eigenvalue weighted by Crippen LogP contribution is -2.39. The summed E-state index contributed by atoms with van der Waals surface area (Å²) in [5.41, 5.74) is 4.32. The molecule has 3 rings (SSSR count). The van der Waals surface area contributed by atoms with Gasteiger partial charge in [-0.2, -0.15) is 0 Å². The predicted octanol–water partition coefficient (Wildman–Crippen LogP) is 4.91. The highest BCUT2D eigenvalue weighted by molar-refractivity contribution is 7.16. The normalized spacial score (nSPS) is 18.9. The number of hydrogen-bond acceptors (Lipinski definition) is 4. The number of thiazole rings is 1. The van der Waals surface area contributed by atoms with E-state index in [1.165, 1.54) is 0 Å². The highest BCUT2D eigenvalue weighted by Gasteiger charge is 2.29. The average Bonchev–Trinajstić information content (AvgIpc) is 2.92. The highest BCUT2D eigenvalue weighted by atomic mass is 32.1. The lowest BCUT2D eigenvalue weighted by atomic mass is 9.98. The van der Waals surface area contributed by atoms with E-state index in [0.29, 0.717) is 12.5 Å². The van der Waals surface area contributed by atoms with Crippen LogP contribution >= 0.6 is 11.3 Å². The minimum Gasteiger partial charge on any atom is -0.443 e. The van der Waals surface area contributed by atoms with Crippen molar-refractivity contribution in [3.63, 3.8) is 0 Å². The SMILES string of the molecule is CC1CC=C(c2ccc3ncsc3c2)N(C(=O)OC(C)(C)C)C1. The van der Waals surface area contributed by atoms with Gasteiger partial charge in [0.25, 0.3) is 0 Å². The topological polar surface area (TPSA) is 42.4 Å². The molecule has 0 radical (unpaired) electrons. The standard InChI is InChI=1S/C18H22N2O2S/c1-12-5-8-15(20(10-12)17(21)22-18(2,3)4)13-6-7-14-16(9-13)23-11-19-14/h6-9,11-12H,5,10H2,1-4H3. The third-order valence-electron chi connectivity index (χ3n) is 3.74. The Morgan fingerprint density at radius 3 is 2.91 bits per heavy atom. The van der Waals surface area contributed by atoms with Gasteiger partial charge in [-0.3, -0.25) is 4.90 Å². The molecule has 0 fully saturated rings. The summed E-state index contributed by atoms with van der Waals surface area (Å²) in [6.07, 6.45) is 2.83. The number of hydrogen-bond donors (Lipinski definition) is 0. The van der Waals surface area contributed by atoms with E-state index in [9.17, 15) is 4.79 Å². The summed E-state index contributed by atoms with van der Waals surface area (Å²) < 4.78 is 6.72. The molecular weight excluding hydrogens is 308 g/mol. The van der Waals surface area contributed by atoms with Crippen LogP contribution in [0, 0.1) is 5.92 Å². The van der Waals surface area contributed by atoms with Gasteiger partial charge < -0.3 is 4.74 Å². The van der Waals surface area contributed by atoms with Gasteiger partial charge in [0.2, 0.25) is 0 Å². The van der Waals surface area contributed by atoms with Crippen LogP contribution in [0.4, 0.5) is 4.79 Å². The average molecular weight is 330 g/mol. The predicted molar refractivity (Wildman–Crippen MR) is 94.3 cm³/mol. The number of fused-ring (bicyclic) bond motifs is 1. The quantitative estimate of drug-likeness (QED) is 0.746. The Bertz CT molecular complexity index is 758. The maximum absolute atomic E-state index is 12.6. The first kappa shape index (κ1) is 16.0. The molecule has 0 bridgehead atoms. The van der Waals surface area contributed by atoms with Crippen molar-refractivity contribution in [1.82, 2.24) is 9.88 Å². The molecule has 1 atom stereocenters. The number of carbonyl (C=O) groups is 1. The van der Waals surface area contributed by atoms with E-state index < -0.39 is 5.60 Å². The maximum atomic E-state index is 12.6. The van der Waals surface area contributed by atoms with E-state index in [1.54, 1.807) is 16.2 Å². The number of amides is 1. The van der Waals surface area contributed by atoms with Crippen LogP contribution in [0.1, 0.15) is 39.7 Å². The van der Waals surface area contributed by atoms with Crippen molar-refractivity contribution >= 4 is 33.3 Å². The monoisotopic (exact) mass is 330 g/mol. The first-order valence-electron chi connectivity index (χ1n) is 7.88. The number of carbonyl (C=O) groups excluding carboxylic acids is 1. The molecule has 0 saturated heterocycles. The number of allylic oxidation sites excluding steroid dienone is 1. The minimum atomic E-state index is -0.496. The van der Waals surface area contributed by atoms with Crippen LogP contribution in [0.3, 0.4) is 0 Å². The Labute approximate surface area is 140 Å². The second kappa shape index (κ2) is 5.96. The molecule has 122 valence electrons. The van der Waals surface area contributed by atoms with Crippen LogP contribution in [-0.4, -0.2) is 28.1 Å². The van der Waals surface area contributed by atoms with Gasteiger partial charge >= 0.3 is 6.09 Å². The second-order valence-electron chi connectivity index (χ2n) is 7.06. The molecule has 0 aliphatic carbocycles. The van der Waals surface area contributed by atoms with Crippen LogP contribution < -0.4 is 0 Å². The molecule has 23 heavy (non-hydrogen) atoms. The molecule has 5 heteroatoms. The maximum Gasteiger partial charge on any atom is 0.414 e. The van der Waals surface area contributed by atoms with E-state index in [2.05, 4.69) is 24.1 Å². The third kappa shape index (κ3) is 3.55. The lowest BCUT2D eigenvalue weighted by Gasteiger charge is -2.33. The number of aromatic nitrogens is 1. The molecule has 0 N–H and O–H groups in total. The largest absolute Gasteiger partial charge is 0.443 e. The Kier molecular flexibility index (Phi) is 4.15. The Balaban J connectivity index is 1.95. The van der Waals surface area contributed by atoms with Gasteiger partial charge in [0.1, 0.15) is 5.60 Å². The number of rotatable bonds is 1. The molecule has 4 nitrogen and oxygen atoms in total. The molecule has 2 aromatic rings. The first-order valence-corrected chi connectivity index (χ1v) is 8.76. The number of benzene rings is 1. The van der Waals surface area contributed by atoms with Crippen molar-refractivity contribution < 1.29 is 9.53 Å². The van der Waals surface area contributed by atoms with Crippen molar-refractivity contribution in [2.24, 2.45) is 5.92 Å².